The van der Waals surface area contributed by atoms with Gasteiger partial charge >= 0.3 is 0 Å². The van der Waals surface area contributed by atoms with Gasteiger partial charge in [0.2, 0.25) is 15.9 Å². The normalized spacial score (nSPS) is 11.6. The summed E-state index contributed by atoms with van der Waals surface area (Å²) < 4.78 is 24.2. The third-order valence-corrected chi connectivity index (χ3v) is 4.89. The summed E-state index contributed by atoms with van der Waals surface area (Å²) in [4.78, 5) is 11.8. The van der Waals surface area contributed by atoms with Gasteiger partial charge in [0.1, 0.15) is 0 Å². The van der Waals surface area contributed by atoms with Crippen LogP contribution >= 0.6 is 0 Å². The van der Waals surface area contributed by atoms with Crippen molar-refractivity contribution in [2.45, 2.75) is 20.8 Å². The largest absolute Gasteiger partial charge is 0.325 e. The Labute approximate surface area is 114 Å². The molecule has 0 aliphatic heterocycles. The second-order valence-corrected chi connectivity index (χ2v) is 6.82. The number of rotatable bonds is 5. The molecule has 1 aromatic rings. The van der Waals surface area contributed by atoms with E-state index in [1.54, 1.807) is 13.0 Å². The summed E-state index contributed by atoms with van der Waals surface area (Å²) in [5.41, 5.74) is 2.77. The molecule has 0 saturated carbocycles. The van der Waals surface area contributed by atoms with Crippen LogP contribution in [-0.4, -0.2) is 38.0 Å². The molecule has 0 atom stereocenters. The predicted octanol–water partition coefficient (Wildman–Crippen LogP) is 1.52. The highest BCUT2D eigenvalue weighted by molar-refractivity contribution is 7.89. The fourth-order valence-corrected chi connectivity index (χ4v) is 2.35. The van der Waals surface area contributed by atoms with Crippen molar-refractivity contribution >= 4 is 21.6 Å². The molecule has 0 bridgehead atoms. The molecule has 1 aromatic carbocycles. The van der Waals surface area contributed by atoms with Crippen LogP contribution in [0.4, 0.5) is 5.69 Å². The van der Waals surface area contributed by atoms with E-state index in [9.17, 15) is 13.2 Å². The van der Waals surface area contributed by atoms with Gasteiger partial charge in [0.05, 0.1) is 12.3 Å². The van der Waals surface area contributed by atoms with Gasteiger partial charge in [-0.05, 0) is 38.0 Å². The van der Waals surface area contributed by atoms with Crippen LogP contribution in [-0.2, 0) is 14.8 Å². The summed E-state index contributed by atoms with van der Waals surface area (Å²) in [5, 5.41) is 2.73. The first-order valence-corrected chi connectivity index (χ1v) is 7.69. The summed E-state index contributed by atoms with van der Waals surface area (Å²) in [5.74, 6) is -0.353. The number of carbonyl (C=O) groups excluding carboxylic acids is 1. The molecule has 0 aromatic heterocycles. The Bertz CT molecular complexity index is 567. The molecule has 19 heavy (non-hydrogen) atoms. The van der Waals surface area contributed by atoms with Crippen LogP contribution in [0.25, 0.3) is 0 Å². The molecule has 0 unspecified atom stereocenters. The van der Waals surface area contributed by atoms with E-state index in [1.807, 2.05) is 26.0 Å². The Kier molecular flexibility index (Phi) is 5.08. The van der Waals surface area contributed by atoms with Gasteiger partial charge < -0.3 is 5.32 Å². The zero-order chi connectivity index (χ0) is 14.6. The summed E-state index contributed by atoms with van der Waals surface area (Å²) in [7, 11) is -1.93. The first-order chi connectivity index (χ1) is 8.77. The van der Waals surface area contributed by atoms with Gasteiger partial charge in [-0.1, -0.05) is 12.1 Å². The molecule has 0 spiro atoms. The van der Waals surface area contributed by atoms with Crippen molar-refractivity contribution in [3.8, 4) is 0 Å². The minimum atomic E-state index is -3.33. The molecule has 0 heterocycles. The van der Waals surface area contributed by atoms with Crippen molar-refractivity contribution < 1.29 is 13.2 Å². The van der Waals surface area contributed by atoms with E-state index in [-0.39, 0.29) is 18.2 Å². The van der Waals surface area contributed by atoms with Crippen molar-refractivity contribution in [2.75, 3.05) is 24.7 Å². The zero-order valence-electron chi connectivity index (χ0n) is 11.7. The van der Waals surface area contributed by atoms with E-state index in [1.165, 1.54) is 7.05 Å². The number of hydrogen-bond donors (Lipinski definition) is 1. The number of nitrogens with zero attached hydrogens (tertiary/aromatic N) is 1. The molecule has 0 radical (unpaired) electrons. The Morgan fingerprint density at radius 2 is 1.95 bits per heavy atom. The Balaban J connectivity index is 2.74. The number of anilines is 1. The standard InChI is InChI=1S/C13H20N2O3S/c1-5-19(17,18)15(4)9-13(16)14-12-8-6-7-10(2)11(12)3/h6-8H,5,9H2,1-4H3,(H,14,16). The Hall–Kier alpha value is -1.40. The molecular weight excluding hydrogens is 264 g/mol. The van der Waals surface area contributed by atoms with E-state index < -0.39 is 10.0 Å². The predicted molar refractivity (Wildman–Crippen MR) is 76.6 cm³/mol. The number of sulfonamides is 1. The second-order valence-electron chi connectivity index (χ2n) is 4.45. The molecule has 0 saturated heterocycles. The van der Waals surface area contributed by atoms with Crippen molar-refractivity contribution in [1.82, 2.24) is 4.31 Å². The average Bonchev–Trinajstić information content (AvgIpc) is 2.34. The van der Waals surface area contributed by atoms with Crippen LogP contribution in [0.5, 0.6) is 0 Å². The van der Waals surface area contributed by atoms with Gasteiger partial charge in [0, 0.05) is 12.7 Å². The molecule has 1 rings (SSSR count). The first kappa shape index (κ1) is 15.7. The lowest BCUT2D eigenvalue weighted by atomic mass is 10.1. The fourth-order valence-electron chi connectivity index (χ4n) is 1.60. The average molecular weight is 284 g/mol. The second kappa shape index (κ2) is 6.16. The lowest BCUT2D eigenvalue weighted by molar-refractivity contribution is -0.116. The first-order valence-electron chi connectivity index (χ1n) is 6.08. The van der Waals surface area contributed by atoms with E-state index in [0.29, 0.717) is 5.69 Å². The number of benzene rings is 1. The van der Waals surface area contributed by atoms with Crippen LogP contribution in [0, 0.1) is 13.8 Å². The molecule has 106 valence electrons. The summed E-state index contributed by atoms with van der Waals surface area (Å²) in [6, 6.07) is 5.61. The number of carbonyl (C=O) groups is 1. The molecule has 0 aliphatic carbocycles. The van der Waals surface area contributed by atoms with Crippen LogP contribution in [0.15, 0.2) is 18.2 Å². The van der Waals surface area contributed by atoms with Crippen LogP contribution in [0.3, 0.4) is 0 Å². The smallest absolute Gasteiger partial charge is 0.239 e. The van der Waals surface area contributed by atoms with Crippen molar-refractivity contribution in [3.63, 3.8) is 0 Å². The van der Waals surface area contributed by atoms with Gasteiger partial charge in [0.15, 0.2) is 0 Å². The maximum atomic E-state index is 11.8. The highest BCUT2D eigenvalue weighted by Crippen LogP contribution is 2.17. The van der Waals surface area contributed by atoms with Gasteiger partial charge in [-0.15, -0.1) is 0 Å². The summed E-state index contributed by atoms with van der Waals surface area (Å²) >= 11 is 0. The topological polar surface area (TPSA) is 66.5 Å². The molecule has 1 amide bonds. The SMILES string of the molecule is CCS(=O)(=O)N(C)CC(=O)Nc1cccc(C)c1C. The monoisotopic (exact) mass is 284 g/mol. The van der Waals surface area contributed by atoms with E-state index in [4.69, 9.17) is 0 Å². The van der Waals surface area contributed by atoms with E-state index in [0.717, 1.165) is 15.4 Å². The van der Waals surface area contributed by atoms with E-state index in [2.05, 4.69) is 5.32 Å². The van der Waals surface area contributed by atoms with Gasteiger partial charge in [-0.3, -0.25) is 4.79 Å². The van der Waals surface area contributed by atoms with Crippen molar-refractivity contribution in [2.24, 2.45) is 0 Å². The van der Waals surface area contributed by atoms with Gasteiger partial charge in [-0.2, -0.15) is 4.31 Å². The summed E-state index contributed by atoms with van der Waals surface area (Å²) in [6.07, 6.45) is 0. The van der Waals surface area contributed by atoms with Crippen molar-refractivity contribution in [1.29, 1.82) is 0 Å². The van der Waals surface area contributed by atoms with E-state index >= 15 is 0 Å². The number of likely N-dealkylation sites (N-methyl/N-ethyl adjacent to an activating group) is 1. The van der Waals surface area contributed by atoms with Crippen LogP contribution in [0.2, 0.25) is 0 Å². The lowest BCUT2D eigenvalue weighted by Gasteiger charge is -2.16. The maximum Gasteiger partial charge on any atom is 0.239 e. The Morgan fingerprint density at radius 1 is 1.32 bits per heavy atom. The molecule has 1 N–H and O–H groups in total. The minimum absolute atomic E-state index is 0.0136. The number of aryl methyl sites for hydroxylation is 1. The summed E-state index contributed by atoms with van der Waals surface area (Å²) in [6.45, 7) is 5.24. The van der Waals surface area contributed by atoms with Crippen LogP contribution in [0.1, 0.15) is 18.1 Å². The van der Waals surface area contributed by atoms with Gasteiger partial charge in [0.25, 0.3) is 0 Å². The third kappa shape index (κ3) is 4.04. The highest BCUT2D eigenvalue weighted by Gasteiger charge is 2.18. The molecule has 6 heteroatoms. The molecule has 0 aliphatic rings. The molecule has 0 fully saturated rings. The number of nitrogens with one attached hydrogen (secondary N) is 1. The minimum Gasteiger partial charge on any atom is -0.325 e. The zero-order valence-corrected chi connectivity index (χ0v) is 12.5. The fraction of sp³-hybridized carbons (Fsp3) is 0.462. The molecule has 5 nitrogen and oxygen atoms in total. The Morgan fingerprint density at radius 3 is 2.53 bits per heavy atom. The maximum absolute atomic E-state index is 11.8. The van der Waals surface area contributed by atoms with Crippen molar-refractivity contribution in [3.05, 3.63) is 29.3 Å². The lowest BCUT2D eigenvalue weighted by Crippen LogP contribution is -2.35. The molecular formula is C13H20N2O3S. The quantitative estimate of drug-likeness (QED) is 0.891. The number of hydrogen-bond acceptors (Lipinski definition) is 3. The highest BCUT2D eigenvalue weighted by atomic mass is 32.2. The third-order valence-electron chi connectivity index (χ3n) is 3.08. The van der Waals surface area contributed by atoms with Gasteiger partial charge in [-0.25, -0.2) is 8.42 Å². The number of amides is 1. The van der Waals surface area contributed by atoms with Crippen LogP contribution < -0.4 is 5.32 Å².